The molecule has 1 saturated carbocycles. The molecule has 1 aliphatic rings. The molecule has 1 fully saturated rings. The van der Waals surface area contributed by atoms with Crippen molar-refractivity contribution in [2.24, 2.45) is 0 Å². The van der Waals surface area contributed by atoms with Crippen LogP contribution in [0.2, 0.25) is 10.0 Å². The average Bonchev–Trinajstić information content (AvgIpc) is 2.36. The average molecular weight is 304 g/mol. The third kappa shape index (κ3) is 3.99. The fourth-order valence-electron chi connectivity index (χ4n) is 2.57. The molecule has 1 aromatic rings. The first-order valence-corrected chi connectivity index (χ1v) is 7.36. The summed E-state index contributed by atoms with van der Waals surface area (Å²) in [5, 5.41) is 24.1. The molecule has 0 aliphatic heterocycles. The van der Waals surface area contributed by atoms with Gasteiger partial charge in [0.2, 0.25) is 0 Å². The quantitative estimate of drug-likeness (QED) is 0.798. The largest absolute Gasteiger partial charge is 0.506 e. The second-order valence-corrected chi connectivity index (χ2v) is 6.13. The lowest BCUT2D eigenvalue weighted by Crippen LogP contribution is -2.41. The van der Waals surface area contributed by atoms with Gasteiger partial charge in [0, 0.05) is 23.7 Å². The Bertz CT molecular complexity index is 445. The van der Waals surface area contributed by atoms with Crippen LogP contribution in [-0.4, -0.2) is 22.4 Å². The Labute approximate surface area is 123 Å². The first-order chi connectivity index (χ1) is 9.00. The predicted molar refractivity (Wildman–Crippen MR) is 77.9 cm³/mol. The molecule has 0 atom stereocenters. The van der Waals surface area contributed by atoms with Crippen molar-refractivity contribution in [3.05, 3.63) is 27.7 Å². The highest BCUT2D eigenvalue weighted by molar-refractivity contribution is 6.35. The van der Waals surface area contributed by atoms with Gasteiger partial charge in [-0.3, -0.25) is 0 Å². The lowest BCUT2D eigenvalue weighted by atomic mass is 9.85. The first kappa shape index (κ1) is 14.9. The molecule has 106 valence electrons. The van der Waals surface area contributed by atoms with E-state index in [4.69, 9.17) is 23.2 Å². The zero-order valence-electron chi connectivity index (χ0n) is 10.8. The number of benzene rings is 1. The van der Waals surface area contributed by atoms with Gasteiger partial charge in [-0.25, -0.2) is 0 Å². The van der Waals surface area contributed by atoms with Crippen LogP contribution in [-0.2, 0) is 6.54 Å². The molecule has 0 heterocycles. The van der Waals surface area contributed by atoms with E-state index in [1.807, 2.05) is 0 Å². The summed E-state index contributed by atoms with van der Waals surface area (Å²) in [6.45, 7) is 0.963. The van der Waals surface area contributed by atoms with Crippen molar-refractivity contribution in [2.45, 2.75) is 44.2 Å². The summed E-state index contributed by atoms with van der Waals surface area (Å²) < 4.78 is 0. The van der Waals surface area contributed by atoms with Gasteiger partial charge >= 0.3 is 0 Å². The van der Waals surface area contributed by atoms with E-state index < -0.39 is 5.60 Å². The van der Waals surface area contributed by atoms with Crippen LogP contribution in [0.5, 0.6) is 5.75 Å². The van der Waals surface area contributed by atoms with Crippen LogP contribution in [0.1, 0.15) is 37.7 Å². The Morgan fingerprint density at radius 2 is 1.84 bits per heavy atom. The minimum absolute atomic E-state index is 0.0502. The van der Waals surface area contributed by atoms with E-state index in [-0.39, 0.29) is 10.8 Å². The third-order valence-electron chi connectivity index (χ3n) is 3.66. The van der Waals surface area contributed by atoms with E-state index in [0.717, 1.165) is 25.7 Å². The highest BCUT2D eigenvalue weighted by Gasteiger charge is 2.28. The van der Waals surface area contributed by atoms with Crippen LogP contribution in [0.4, 0.5) is 0 Å². The summed E-state index contributed by atoms with van der Waals surface area (Å²) >= 11 is 11.8. The predicted octanol–water partition coefficient (Wildman–Crippen LogP) is 3.48. The van der Waals surface area contributed by atoms with Crippen molar-refractivity contribution < 1.29 is 10.2 Å². The van der Waals surface area contributed by atoms with Crippen LogP contribution in [0.25, 0.3) is 0 Å². The lowest BCUT2D eigenvalue weighted by molar-refractivity contribution is 0.00464. The lowest BCUT2D eigenvalue weighted by Gasteiger charge is -2.32. The Balaban J connectivity index is 1.92. The number of aromatic hydroxyl groups is 1. The van der Waals surface area contributed by atoms with Gasteiger partial charge in [-0.05, 0) is 25.0 Å². The molecular formula is C14H19Cl2NO2. The Morgan fingerprint density at radius 1 is 1.16 bits per heavy atom. The van der Waals surface area contributed by atoms with Gasteiger partial charge in [-0.15, -0.1) is 0 Å². The SMILES string of the molecule is Oc1c(Cl)cc(Cl)cc1CNCC1(O)CCCCC1. The van der Waals surface area contributed by atoms with Crippen LogP contribution in [0.15, 0.2) is 12.1 Å². The molecule has 2 rings (SSSR count). The number of aliphatic hydroxyl groups is 1. The molecule has 1 aromatic carbocycles. The van der Waals surface area contributed by atoms with Gasteiger partial charge in [-0.2, -0.15) is 0 Å². The van der Waals surface area contributed by atoms with Gasteiger partial charge in [0.25, 0.3) is 0 Å². The van der Waals surface area contributed by atoms with E-state index in [0.29, 0.717) is 23.7 Å². The van der Waals surface area contributed by atoms with E-state index >= 15 is 0 Å². The topological polar surface area (TPSA) is 52.5 Å². The second kappa shape index (κ2) is 6.31. The number of hydrogen-bond donors (Lipinski definition) is 3. The van der Waals surface area contributed by atoms with E-state index in [1.54, 1.807) is 6.07 Å². The molecule has 0 aromatic heterocycles. The van der Waals surface area contributed by atoms with Crippen LogP contribution in [0, 0.1) is 0 Å². The summed E-state index contributed by atoms with van der Waals surface area (Å²) in [7, 11) is 0. The zero-order valence-corrected chi connectivity index (χ0v) is 12.3. The maximum Gasteiger partial charge on any atom is 0.138 e. The molecule has 0 spiro atoms. The number of nitrogens with one attached hydrogen (secondary N) is 1. The van der Waals surface area contributed by atoms with Gasteiger partial charge in [0.1, 0.15) is 5.75 Å². The molecule has 3 nitrogen and oxygen atoms in total. The molecule has 0 unspecified atom stereocenters. The molecule has 0 radical (unpaired) electrons. The fraction of sp³-hybridized carbons (Fsp3) is 0.571. The van der Waals surface area contributed by atoms with Gasteiger partial charge in [0.15, 0.2) is 0 Å². The Hall–Kier alpha value is -0.480. The summed E-state index contributed by atoms with van der Waals surface area (Å²) in [4.78, 5) is 0. The third-order valence-corrected chi connectivity index (χ3v) is 4.17. The van der Waals surface area contributed by atoms with E-state index in [1.165, 1.54) is 12.5 Å². The normalized spacial score (nSPS) is 18.5. The van der Waals surface area contributed by atoms with Crippen LogP contribution >= 0.6 is 23.2 Å². The smallest absolute Gasteiger partial charge is 0.138 e. The van der Waals surface area contributed by atoms with Crippen LogP contribution in [0.3, 0.4) is 0 Å². The molecular weight excluding hydrogens is 285 g/mol. The molecule has 3 N–H and O–H groups in total. The van der Waals surface area contributed by atoms with Crippen molar-refractivity contribution >= 4 is 23.2 Å². The highest BCUT2D eigenvalue weighted by Crippen LogP contribution is 2.31. The van der Waals surface area contributed by atoms with Crippen LogP contribution < -0.4 is 5.32 Å². The molecule has 1 aliphatic carbocycles. The van der Waals surface area contributed by atoms with Crippen molar-refractivity contribution in [1.82, 2.24) is 5.32 Å². The van der Waals surface area contributed by atoms with Crippen molar-refractivity contribution in [3.63, 3.8) is 0 Å². The number of rotatable bonds is 4. The molecule has 0 saturated heterocycles. The zero-order chi connectivity index (χ0) is 13.9. The number of phenolic OH excluding ortho intramolecular Hbond substituents is 1. The monoisotopic (exact) mass is 303 g/mol. The molecule has 0 amide bonds. The Kier molecular flexibility index (Phi) is 4.96. The minimum atomic E-state index is -0.615. The van der Waals surface area contributed by atoms with E-state index in [9.17, 15) is 10.2 Å². The summed E-state index contributed by atoms with van der Waals surface area (Å²) in [6.07, 6.45) is 5.02. The van der Waals surface area contributed by atoms with Gasteiger partial charge < -0.3 is 15.5 Å². The van der Waals surface area contributed by atoms with Gasteiger partial charge in [-0.1, -0.05) is 42.5 Å². The molecule has 19 heavy (non-hydrogen) atoms. The number of phenols is 1. The summed E-state index contributed by atoms with van der Waals surface area (Å²) in [6, 6.07) is 3.19. The first-order valence-electron chi connectivity index (χ1n) is 6.60. The highest BCUT2D eigenvalue weighted by atomic mass is 35.5. The summed E-state index contributed by atoms with van der Waals surface area (Å²) in [5.41, 5.74) is 0.0351. The van der Waals surface area contributed by atoms with Gasteiger partial charge in [0.05, 0.1) is 10.6 Å². The van der Waals surface area contributed by atoms with Crippen molar-refractivity contribution in [2.75, 3.05) is 6.54 Å². The van der Waals surface area contributed by atoms with Crippen molar-refractivity contribution in [3.8, 4) is 5.75 Å². The Morgan fingerprint density at radius 3 is 2.53 bits per heavy atom. The summed E-state index contributed by atoms with van der Waals surface area (Å²) in [5.74, 6) is 0.0502. The van der Waals surface area contributed by atoms with E-state index in [2.05, 4.69) is 5.32 Å². The minimum Gasteiger partial charge on any atom is -0.506 e. The second-order valence-electron chi connectivity index (χ2n) is 5.28. The maximum absolute atomic E-state index is 10.4. The molecule has 5 heteroatoms. The van der Waals surface area contributed by atoms with Crippen molar-refractivity contribution in [1.29, 1.82) is 0 Å². The number of halogens is 2. The molecule has 0 bridgehead atoms. The standard InChI is InChI=1S/C14H19Cl2NO2/c15-11-6-10(13(18)12(16)7-11)8-17-9-14(19)4-2-1-3-5-14/h6-7,17-19H,1-5,8-9H2. The maximum atomic E-state index is 10.4. The number of hydrogen-bond acceptors (Lipinski definition) is 3. The fourth-order valence-corrected chi connectivity index (χ4v) is 3.11.